The molecule has 2 rings (SSSR count). The van der Waals surface area contributed by atoms with Crippen molar-refractivity contribution < 1.29 is 14.6 Å². The zero-order chi connectivity index (χ0) is 13.8. The lowest BCUT2D eigenvalue weighted by Crippen LogP contribution is -2.21. The maximum absolute atomic E-state index is 10.6. The van der Waals surface area contributed by atoms with Gasteiger partial charge in [0.15, 0.2) is 0 Å². The van der Waals surface area contributed by atoms with Crippen molar-refractivity contribution in [1.29, 1.82) is 0 Å². The second kappa shape index (κ2) is 5.95. The smallest absolute Gasteiger partial charge is 0.119 e. The fourth-order valence-electron chi connectivity index (χ4n) is 1.48. The summed E-state index contributed by atoms with van der Waals surface area (Å²) in [5, 5.41) is 11.5. The van der Waals surface area contributed by atoms with Gasteiger partial charge in [-0.05, 0) is 47.5 Å². The number of hydrogen-bond acceptors (Lipinski definition) is 3. The van der Waals surface area contributed by atoms with E-state index in [1.807, 2.05) is 6.07 Å². The number of carbonyl (C=O) groups is 1. The Hall–Kier alpha value is -1.71. The van der Waals surface area contributed by atoms with Gasteiger partial charge >= 0.3 is 0 Å². The molecule has 0 amide bonds. The van der Waals surface area contributed by atoms with E-state index in [0.29, 0.717) is 22.4 Å². The van der Waals surface area contributed by atoms with Crippen molar-refractivity contribution >= 4 is 29.2 Å². The summed E-state index contributed by atoms with van der Waals surface area (Å²) in [6.45, 7) is 0.321. The van der Waals surface area contributed by atoms with Crippen LogP contribution in [0.4, 0.5) is 0 Å². The first kappa shape index (κ1) is 13.7. The zero-order valence-electron chi connectivity index (χ0n) is 9.73. The van der Waals surface area contributed by atoms with Crippen LogP contribution >= 0.6 is 23.2 Å². The van der Waals surface area contributed by atoms with Gasteiger partial charge in [-0.2, -0.15) is 0 Å². The van der Waals surface area contributed by atoms with Gasteiger partial charge in [0.2, 0.25) is 0 Å². The number of benzene rings is 2. The number of rotatable bonds is 4. The molecule has 0 heterocycles. The third-order valence-electron chi connectivity index (χ3n) is 2.48. The predicted molar refractivity (Wildman–Crippen MR) is 71.6 cm³/mol. The molecular weight excluding hydrogens is 287 g/mol. The van der Waals surface area contributed by atoms with Crippen LogP contribution in [0.1, 0.15) is 15.9 Å². The number of carbonyl (C=O) groups excluding carboxylic acids is 1. The topological polar surface area (TPSA) is 49.4 Å². The molecule has 2 aromatic rings. The Bertz CT molecular complexity index is 594. The van der Waals surface area contributed by atoms with Crippen LogP contribution in [0, 0.1) is 0 Å². The van der Waals surface area contributed by atoms with E-state index in [0.717, 1.165) is 5.56 Å². The SMILES string of the molecule is O=C([O-])c1ccc(OCc2ccc(Cl)c(Cl)c2)cc1. The molecule has 0 aliphatic heterocycles. The molecule has 98 valence electrons. The van der Waals surface area contributed by atoms with E-state index in [-0.39, 0.29) is 5.56 Å². The molecule has 0 unspecified atom stereocenters. The molecule has 0 saturated carbocycles. The average Bonchev–Trinajstić information content (AvgIpc) is 2.40. The van der Waals surface area contributed by atoms with Crippen molar-refractivity contribution in [2.75, 3.05) is 0 Å². The predicted octanol–water partition coefficient (Wildman–Crippen LogP) is 2.94. The van der Waals surface area contributed by atoms with E-state index in [1.165, 1.54) is 12.1 Å². The molecule has 0 radical (unpaired) electrons. The molecule has 19 heavy (non-hydrogen) atoms. The number of hydrogen-bond donors (Lipinski definition) is 0. The van der Waals surface area contributed by atoms with E-state index >= 15 is 0 Å². The molecule has 0 atom stereocenters. The van der Waals surface area contributed by atoms with E-state index in [1.54, 1.807) is 24.3 Å². The van der Waals surface area contributed by atoms with Crippen LogP contribution < -0.4 is 9.84 Å². The molecule has 5 heteroatoms. The van der Waals surface area contributed by atoms with Gasteiger partial charge in [-0.3, -0.25) is 0 Å². The molecule has 0 spiro atoms. The highest BCUT2D eigenvalue weighted by molar-refractivity contribution is 6.42. The Morgan fingerprint density at radius 1 is 1.05 bits per heavy atom. The highest BCUT2D eigenvalue weighted by Gasteiger charge is 2.01. The third-order valence-corrected chi connectivity index (χ3v) is 3.22. The third kappa shape index (κ3) is 3.63. The first-order valence-electron chi connectivity index (χ1n) is 5.44. The number of carboxylic acids is 1. The fourth-order valence-corrected chi connectivity index (χ4v) is 1.80. The monoisotopic (exact) mass is 295 g/mol. The van der Waals surface area contributed by atoms with Gasteiger partial charge in [0.25, 0.3) is 0 Å². The number of halogens is 2. The van der Waals surface area contributed by atoms with Crippen molar-refractivity contribution in [3.05, 3.63) is 63.6 Å². The lowest BCUT2D eigenvalue weighted by molar-refractivity contribution is -0.255. The van der Waals surface area contributed by atoms with E-state index < -0.39 is 5.97 Å². The minimum atomic E-state index is -1.21. The zero-order valence-corrected chi connectivity index (χ0v) is 11.2. The van der Waals surface area contributed by atoms with Gasteiger partial charge < -0.3 is 14.6 Å². The van der Waals surface area contributed by atoms with Crippen LogP contribution in [0.5, 0.6) is 5.75 Å². The largest absolute Gasteiger partial charge is 0.545 e. The minimum absolute atomic E-state index is 0.113. The van der Waals surface area contributed by atoms with Crippen LogP contribution in [0.3, 0.4) is 0 Å². The van der Waals surface area contributed by atoms with Crippen molar-refractivity contribution in [2.24, 2.45) is 0 Å². The van der Waals surface area contributed by atoms with Crippen LogP contribution in [-0.4, -0.2) is 5.97 Å². The molecule has 0 aliphatic rings. The van der Waals surface area contributed by atoms with Gasteiger partial charge in [0.05, 0.1) is 16.0 Å². The molecule has 2 aromatic carbocycles. The quantitative estimate of drug-likeness (QED) is 0.871. The van der Waals surface area contributed by atoms with Crippen molar-refractivity contribution in [3.8, 4) is 5.75 Å². The Morgan fingerprint density at radius 3 is 2.32 bits per heavy atom. The molecular formula is C14H9Cl2O3-. The average molecular weight is 296 g/mol. The summed E-state index contributed by atoms with van der Waals surface area (Å²) in [5.74, 6) is -0.646. The Morgan fingerprint density at radius 2 is 1.74 bits per heavy atom. The van der Waals surface area contributed by atoms with Gasteiger partial charge in [0.1, 0.15) is 12.4 Å². The minimum Gasteiger partial charge on any atom is -0.545 e. The highest BCUT2D eigenvalue weighted by atomic mass is 35.5. The maximum Gasteiger partial charge on any atom is 0.119 e. The summed E-state index contributed by atoms with van der Waals surface area (Å²) in [4.78, 5) is 10.6. The van der Waals surface area contributed by atoms with Gasteiger partial charge in [-0.1, -0.05) is 29.3 Å². The molecule has 0 fully saturated rings. The molecule has 0 N–H and O–H groups in total. The number of ether oxygens (including phenoxy) is 1. The lowest BCUT2D eigenvalue weighted by Gasteiger charge is -2.08. The van der Waals surface area contributed by atoms with Crippen molar-refractivity contribution in [3.63, 3.8) is 0 Å². The normalized spacial score (nSPS) is 10.2. The van der Waals surface area contributed by atoms with E-state index in [4.69, 9.17) is 27.9 Å². The number of aromatic carboxylic acids is 1. The second-order valence-electron chi connectivity index (χ2n) is 3.85. The van der Waals surface area contributed by atoms with Crippen LogP contribution in [0.25, 0.3) is 0 Å². The summed E-state index contributed by atoms with van der Waals surface area (Å²) in [6.07, 6.45) is 0. The molecule has 3 nitrogen and oxygen atoms in total. The lowest BCUT2D eigenvalue weighted by atomic mass is 10.2. The van der Waals surface area contributed by atoms with E-state index in [9.17, 15) is 9.90 Å². The highest BCUT2D eigenvalue weighted by Crippen LogP contribution is 2.23. The maximum atomic E-state index is 10.6. The summed E-state index contributed by atoms with van der Waals surface area (Å²) in [6, 6.07) is 11.2. The molecule has 0 aliphatic carbocycles. The van der Waals surface area contributed by atoms with Crippen LogP contribution in [-0.2, 0) is 6.61 Å². The van der Waals surface area contributed by atoms with Gasteiger partial charge in [0, 0.05) is 0 Å². The summed E-state index contributed by atoms with van der Waals surface area (Å²) in [5.41, 5.74) is 0.986. The number of carboxylic acid groups (broad SMARTS) is 1. The van der Waals surface area contributed by atoms with Crippen LogP contribution in [0.15, 0.2) is 42.5 Å². The Kier molecular flexibility index (Phi) is 4.30. The second-order valence-corrected chi connectivity index (χ2v) is 4.66. The summed E-state index contributed by atoms with van der Waals surface area (Å²) >= 11 is 11.7. The molecule has 0 aromatic heterocycles. The van der Waals surface area contributed by atoms with Crippen molar-refractivity contribution in [1.82, 2.24) is 0 Å². The molecule has 0 bridgehead atoms. The summed E-state index contributed by atoms with van der Waals surface area (Å²) < 4.78 is 5.51. The van der Waals surface area contributed by atoms with E-state index in [2.05, 4.69) is 0 Å². The van der Waals surface area contributed by atoms with Gasteiger partial charge in [-0.15, -0.1) is 0 Å². The van der Waals surface area contributed by atoms with Gasteiger partial charge in [-0.25, -0.2) is 0 Å². The first-order chi connectivity index (χ1) is 9.06. The Balaban J connectivity index is 2.01. The van der Waals surface area contributed by atoms with Crippen LogP contribution in [0.2, 0.25) is 10.0 Å². The summed E-state index contributed by atoms with van der Waals surface area (Å²) in [7, 11) is 0. The van der Waals surface area contributed by atoms with Crippen molar-refractivity contribution in [2.45, 2.75) is 6.61 Å². The standard InChI is InChI=1S/C14H10Cl2O3/c15-12-6-1-9(7-13(12)16)8-19-11-4-2-10(3-5-11)14(17)18/h1-7H,8H2,(H,17,18)/p-1. The molecule has 0 saturated heterocycles. The first-order valence-corrected chi connectivity index (χ1v) is 6.20. The fraction of sp³-hybridized carbons (Fsp3) is 0.0714. The Labute approximate surface area is 120 Å².